The Labute approximate surface area is 143 Å². The summed E-state index contributed by atoms with van der Waals surface area (Å²) in [6.07, 6.45) is 5.26. The summed E-state index contributed by atoms with van der Waals surface area (Å²) in [6.45, 7) is 5.76. The van der Waals surface area contributed by atoms with Crippen molar-refractivity contribution < 1.29 is 19.0 Å². The zero-order valence-electron chi connectivity index (χ0n) is 14.8. The summed E-state index contributed by atoms with van der Waals surface area (Å²) >= 11 is 0. The minimum Gasteiger partial charge on any atom is -0.475 e. The summed E-state index contributed by atoms with van der Waals surface area (Å²) in [5.41, 5.74) is -0.0866. The quantitative estimate of drug-likeness (QED) is 0.739. The van der Waals surface area contributed by atoms with E-state index in [0.717, 1.165) is 25.7 Å². The number of rotatable bonds is 8. The highest BCUT2D eigenvalue weighted by atomic mass is 16.5. The number of ether oxygens (including phenoxy) is 3. The molecule has 0 radical (unpaired) electrons. The van der Waals surface area contributed by atoms with Crippen molar-refractivity contribution in [1.82, 2.24) is 4.98 Å². The van der Waals surface area contributed by atoms with Crippen molar-refractivity contribution in [2.24, 2.45) is 5.92 Å². The van der Waals surface area contributed by atoms with E-state index in [4.69, 9.17) is 14.2 Å². The molecule has 0 saturated heterocycles. The number of hydrogen-bond donors (Lipinski definition) is 1. The summed E-state index contributed by atoms with van der Waals surface area (Å²) in [5, 5.41) is 2.92. The van der Waals surface area contributed by atoms with Gasteiger partial charge in [0, 0.05) is 19.8 Å². The number of carbonyl (C=O) groups excluding carboxylic acids is 1. The van der Waals surface area contributed by atoms with E-state index < -0.39 is 5.60 Å². The highest BCUT2D eigenvalue weighted by molar-refractivity contribution is 5.97. The van der Waals surface area contributed by atoms with Crippen molar-refractivity contribution in [2.75, 3.05) is 32.2 Å². The molecule has 2 atom stereocenters. The van der Waals surface area contributed by atoms with Crippen LogP contribution >= 0.6 is 0 Å². The van der Waals surface area contributed by atoms with Crippen molar-refractivity contribution >= 4 is 11.6 Å². The van der Waals surface area contributed by atoms with Crippen LogP contribution in [0.25, 0.3) is 0 Å². The molecule has 6 nitrogen and oxygen atoms in total. The van der Waals surface area contributed by atoms with Crippen LogP contribution in [-0.2, 0) is 14.3 Å². The van der Waals surface area contributed by atoms with Crippen LogP contribution in [0.2, 0.25) is 0 Å². The fourth-order valence-corrected chi connectivity index (χ4v) is 3.12. The fraction of sp³-hybridized carbons (Fsp3) is 0.667. The van der Waals surface area contributed by atoms with Crippen LogP contribution < -0.4 is 10.1 Å². The van der Waals surface area contributed by atoms with Gasteiger partial charge in [-0.05, 0) is 38.2 Å². The maximum Gasteiger partial charge on any atom is 0.256 e. The molecule has 134 valence electrons. The van der Waals surface area contributed by atoms with Gasteiger partial charge in [0.25, 0.3) is 5.91 Å². The van der Waals surface area contributed by atoms with Gasteiger partial charge in [-0.2, -0.15) is 0 Å². The van der Waals surface area contributed by atoms with Crippen LogP contribution in [-0.4, -0.2) is 43.4 Å². The second-order valence-electron chi connectivity index (χ2n) is 6.28. The zero-order valence-corrected chi connectivity index (χ0v) is 14.8. The van der Waals surface area contributed by atoms with Crippen LogP contribution in [0.5, 0.6) is 5.88 Å². The molecule has 1 N–H and O–H groups in total. The third-order valence-corrected chi connectivity index (χ3v) is 4.44. The number of nitrogens with one attached hydrogen (secondary N) is 1. The maximum atomic E-state index is 12.7. The van der Waals surface area contributed by atoms with Crippen molar-refractivity contribution in [1.29, 1.82) is 0 Å². The Morgan fingerprint density at radius 3 is 2.88 bits per heavy atom. The summed E-state index contributed by atoms with van der Waals surface area (Å²) in [6, 6.07) is 3.53. The molecule has 1 aromatic heterocycles. The van der Waals surface area contributed by atoms with Crippen LogP contribution in [0.4, 0.5) is 5.69 Å². The van der Waals surface area contributed by atoms with Crippen LogP contribution in [0, 0.1) is 5.92 Å². The molecule has 6 heteroatoms. The van der Waals surface area contributed by atoms with Crippen LogP contribution in [0.3, 0.4) is 0 Å². The molecule has 1 heterocycles. The minimum absolute atomic E-state index is 0.0941. The summed E-state index contributed by atoms with van der Waals surface area (Å²) in [5.74, 6) is 0.910. The largest absolute Gasteiger partial charge is 0.475 e. The molecule has 1 aliphatic carbocycles. The maximum absolute atomic E-state index is 12.7. The van der Waals surface area contributed by atoms with Gasteiger partial charge in [-0.1, -0.05) is 13.3 Å². The SMILES string of the molecule is CCOCCOc1ccc(NC(=O)[C@@]2(OC)CCC[C@@H](C)C2)cn1. The zero-order chi connectivity index (χ0) is 17.4. The number of amides is 1. The Kier molecular flexibility index (Phi) is 6.99. The lowest BCUT2D eigenvalue weighted by Crippen LogP contribution is -2.47. The number of methoxy groups -OCH3 is 1. The van der Waals surface area contributed by atoms with Gasteiger partial charge < -0.3 is 19.5 Å². The van der Waals surface area contributed by atoms with E-state index in [9.17, 15) is 4.79 Å². The molecule has 2 rings (SSSR count). The van der Waals surface area contributed by atoms with Gasteiger partial charge in [0.1, 0.15) is 12.2 Å². The third-order valence-electron chi connectivity index (χ3n) is 4.44. The fourth-order valence-electron chi connectivity index (χ4n) is 3.12. The molecule has 0 unspecified atom stereocenters. The second-order valence-corrected chi connectivity index (χ2v) is 6.28. The highest BCUT2D eigenvalue weighted by Gasteiger charge is 2.41. The van der Waals surface area contributed by atoms with Crippen LogP contribution in [0.15, 0.2) is 18.3 Å². The molecule has 0 bridgehead atoms. The lowest BCUT2D eigenvalue weighted by atomic mass is 9.78. The van der Waals surface area contributed by atoms with Gasteiger partial charge in [-0.25, -0.2) is 4.98 Å². The first-order valence-electron chi connectivity index (χ1n) is 8.63. The van der Waals surface area contributed by atoms with Crippen molar-refractivity contribution in [3.05, 3.63) is 18.3 Å². The van der Waals surface area contributed by atoms with E-state index in [2.05, 4.69) is 17.2 Å². The van der Waals surface area contributed by atoms with Gasteiger partial charge in [0.15, 0.2) is 0 Å². The number of anilines is 1. The van der Waals surface area contributed by atoms with E-state index in [1.165, 1.54) is 0 Å². The van der Waals surface area contributed by atoms with Gasteiger partial charge in [0.2, 0.25) is 5.88 Å². The van der Waals surface area contributed by atoms with E-state index in [0.29, 0.717) is 37.3 Å². The topological polar surface area (TPSA) is 69.7 Å². The van der Waals surface area contributed by atoms with Crippen LogP contribution in [0.1, 0.15) is 39.5 Å². The van der Waals surface area contributed by atoms with E-state index >= 15 is 0 Å². The molecule has 0 aliphatic heterocycles. The Balaban J connectivity index is 1.91. The van der Waals surface area contributed by atoms with Gasteiger partial charge in [0.05, 0.1) is 18.5 Å². The molecule has 1 amide bonds. The first-order valence-corrected chi connectivity index (χ1v) is 8.63. The molecule has 24 heavy (non-hydrogen) atoms. The molecule has 1 saturated carbocycles. The number of nitrogens with zero attached hydrogens (tertiary/aromatic N) is 1. The molecule has 1 fully saturated rings. The predicted molar refractivity (Wildman–Crippen MR) is 92.2 cm³/mol. The normalized spacial score (nSPS) is 23.7. The van der Waals surface area contributed by atoms with Crippen molar-refractivity contribution in [2.45, 2.75) is 45.1 Å². The summed E-state index contributed by atoms with van der Waals surface area (Å²) in [4.78, 5) is 16.9. The van der Waals surface area contributed by atoms with Gasteiger partial charge >= 0.3 is 0 Å². The molecular weight excluding hydrogens is 308 g/mol. The minimum atomic E-state index is -0.732. The monoisotopic (exact) mass is 336 g/mol. The highest BCUT2D eigenvalue weighted by Crippen LogP contribution is 2.35. The Morgan fingerprint density at radius 1 is 1.42 bits per heavy atom. The first-order chi connectivity index (χ1) is 11.6. The van der Waals surface area contributed by atoms with E-state index in [-0.39, 0.29) is 5.91 Å². The Hall–Kier alpha value is -1.66. The lowest BCUT2D eigenvalue weighted by molar-refractivity contribution is -0.143. The standard InChI is InChI=1S/C18H28N2O4/c1-4-23-10-11-24-16-8-7-15(13-19-16)20-17(21)18(22-3)9-5-6-14(2)12-18/h7-8,13-14H,4-6,9-12H2,1-3H3,(H,20,21)/t14-,18-/m1/s1. The first kappa shape index (κ1) is 18.7. The smallest absolute Gasteiger partial charge is 0.256 e. The van der Waals surface area contributed by atoms with E-state index in [1.807, 2.05) is 6.92 Å². The van der Waals surface area contributed by atoms with Gasteiger partial charge in [-0.15, -0.1) is 0 Å². The average Bonchev–Trinajstić information content (AvgIpc) is 2.60. The lowest BCUT2D eigenvalue weighted by Gasteiger charge is -2.37. The van der Waals surface area contributed by atoms with Gasteiger partial charge in [-0.3, -0.25) is 4.79 Å². The molecule has 1 aromatic rings. The Morgan fingerprint density at radius 2 is 2.25 bits per heavy atom. The Bertz CT molecular complexity index is 520. The van der Waals surface area contributed by atoms with E-state index in [1.54, 1.807) is 25.4 Å². The second kappa shape index (κ2) is 8.99. The van der Waals surface area contributed by atoms with Crippen molar-refractivity contribution in [3.8, 4) is 5.88 Å². The number of aromatic nitrogens is 1. The molecule has 0 aromatic carbocycles. The van der Waals surface area contributed by atoms with Crippen molar-refractivity contribution in [3.63, 3.8) is 0 Å². The molecule has 1 aliphatic rings. The molecule has 0 spiro atoms. The number of pyridine rings is 1. The average molecular weight is 336 g/mol. The number of carbonyl (C=O) groups is 1. The summed E-state index contributed by atoms with van der Waals surface area (Å²) < 4.78 is 16.3. The third kappa shape index (κ3) is 4.92. The predicted octanol–water partition coefficient (Wildman–Crippen LogP) is 3.03. The molecular formula is C18H28N2O4. The number of hydrogen-bond acceptors (Lipinski definition) is 5. The summed E-state index contributed by atoms with van der Waals surface area (Å²) in [7, 11) is 1.62.